The van der Waals surface area contributed by atoms with Crippen molar-refractivity contribution in [3.63, 3.8) is 0 Å². The van der Waals surface area contributed by atoms with Gasteiger partial charge in [-0.1, -0.05) is 24.3 Å². The van der Waals surface area contributed by atoms with Crippen molar-refractivity contribution in [2.75, 3.05) is 0 Å². The first kappa shape index (κ1) is 12.0. The number of phenols is 1. The maximum atomic E-state index is 13.3. The highest BCUT2D eigenvalue weighted by Crippen LogP contribution is 2.31. The summed E-state index contributed by atoms with van der Waals surface area (Å²) < 4.78 is 13.3. The Morgan fingerprint density at radius 2 is 1.89 bits per heavy atom. The van der Waals surface area contributed by atoms with Crippen LogP contribution in [0.5, 0.6) is 5.75 Å². The number of phenolic OH excluding ortho intramolecular Hbond substituents is 1. The highest BCUT2D eigenvalue weighted by molar-refractivity contribution is 5.83. The van der Waals surface area contributed by atoms with Crippen molar-refractivity contribution in [2.45, 2.75) is 19.3 Å². The molecule has 2 aromatic carbocycles. The predicted molar refractivity (Wildman–Crippen MR) is 75.3 cm³/mol. The molecular weight excluding hydrogens is 239 g/mol. The van der Waals surface area contributed by atoms with Crippen LogP contribution in [0.25, 0.3) is 11.6 Å². The number of allylic oxidation sites excluding steroid dienone is 1. The van der Waals surface area contributed by atoms with Gasteiger partial charge >= 0.3 is 0 Å². The van der Waals surface area contributed by atoms with Crippen LogP contribution in [0.4, 0.5) is 4.39 Å². The lowest BCUT2D eigenvalue weighted by atomic mass is 10.0. The molecule has 1 nitrogen and oxygen atoms in total. The summed E-state index contributed by atoms with van der Waals surface area (Å²) in [5.74, 6) is 0.0641. The highest BCUT2D eigenvalue weighted by atomic mass is 19.1. The fraction of sp³-hybridized carbons (Fsp3) is 0.176. The molecule has 0 heterocycles. The number of aryl methyl sites for hydroxylation is 1. The van der Waals surface area contributed by atoms with E-state index in [1.807, 2.05) is 12.1 Å². The number of fused-ring (bicyclic) bond motifs is 1. The van der Waals surface area contributed by atoms with Crippen molar-refractivity contribution in [1.29, 1.82) is 0 Å². The summed E-state index contributed by atoms with van der Waals surface area (Å²) in [5, 5.41) is 9.59. The number of hydrogen-bond donors (Lipinski definition) is 1. The molecule has 0 saturated heterocycles. The minimum Gasteiger partial charge on any atom is -0.508 e. The van der Waals surface area contributed by atoms with Gasteiger partial charge in [0.05, 0.1) is 0 Å². The molecule has 0 radical (unpaired) electrons. The van der Waals surface area contributed by atoms with Gasteiger partial charge < -0.3 is 5.11 Å². The van der Waals surface area contributed by atoms with Gasteiger partial charge in [-0.05, 0) is 65.8 Å². The Kier molecular flexibility index (Phi) is 3.08. The maximum Gasteiger partial charge on any atom is 0.123 e. The summed E-state index contributed by atoms with van der Waals surface area (Å²) in [6.07, 6.45) is 5.03. The molecule has 2 heteroatoms. The average molecular weight is 254 g/mol. The minimum absolute atomic E-state index is 0.209. The lowest BCUT2D eigenvalue weighted by Crippen LogP contribution is -1.86. The Bertz CT molecular complexity index is 643. The SMILES string of the molecule is Oc1ccc2c(c1)C=C(c1cccc(F)c1)CCC2. The molecule has 0 unspecified atom stereocenters. The van der Waals surface area contributed by atoms with Gasteiger partial charge in [-0.25, -0.2) is 4.39 Å². The van der Waals surface area contributed by atoms with E-state index in [9.17, 15) is 9.50 Å². The van der Waals surface area contributed by atoms with E-state index in [4.69, 9.17) is 0 Å². The summed E-state index contributed by atoms with van der Waals surface area (Å²) in [6.45, 7) is 0. The summed E-state index contributed by atoms with van der Waals surface area (Å²) >= 11 is 0. The van der Waals surface area contributed by atoms with Crippen LogP contribution in [-0.4, -0.2) is 5.11 Å². The molecule has 96 valence electrons. The third-order valence-corrected chi connectivity index (χ3v) is 3.55. The van der Waals surface area contributed by atoms with Crippen molar-refractivity contribution in [2.24, 2.45) is 0 Å². The first-order valence-electron chi connectivity index (χ1n) is 6.51. The second kappa shape index (κ2) is 4.88. The van der Waals surface area contributed by atoms with Crippen LogP contribution in [0.1, 0.15) is 29.5 Å². The standard InChI is InChI=1S/C17H15FO/c18-16-6-2-5-14(10-16)13-4-1-3-12-7-8-17(19)11-15(12)9-13/h2,5-11,19H,1,3-4H2. The highest BCUT2D eigenvalue weighted by Gasteiger charge is 2.11. The maximum absolute atomic E-state index is 13.3. The zero-order valence-corrected chi connectivity index (χ0v) is 10.6. The molecule has 19 heavy (non-hydrogen) atoms. The third-order valence-electron chi connectivity index (χ3n) is 3.55. The molecule has 0 aliphatic heterocycles. The van der Waals surface area contributed by atoms with E-state index in [-0.39, 0.29) is 11.6 Å². The van der Waals surface area contributed by atoms with E-state index in [1.165, 1.54) is 11.6 Å². The molecule has 1 aliphatic rings. The molecule has 0 atom stereocenters. The van der Waals surface area contributed by atoms with E-state index < -0.39 is 0 Å². The molecule has 1 aliphatic carbocycles. The number of benzene rings is 2. The van der Waals surface area contributed by atoms with Gasteiger partial charge in [0.1, 0.15) is 11.6 Å². The number of rotatable bonds is 1. The van der Waals surface area contributed by atoms with Crippen molar-refractivity contribution in [3.8, 4) is 5.75 Å². The van der Waals surface area contributed by atoms with Gasteiger partial charge in [-0.15, -0.1) is 0 Å². The quantitative estimate of drug-likeness (QED) is 0.799. The largest absolute Gasteiger partial charge is 0.508 e. The second-order valence-electron chi connectivity index (χ2n) is 4.92. The van der Waals surface area contributed by atoms with Crippen molar-refractivity contribution in [3.05, 3.63) is 65.0 Å². The second-order valence-corrected chi connectivity index (χ2v) is 4.92. The Morgan fingerprint density at radius 1 is 1.00 bits per heavy atom. The van der Waals surface area contributed by atoms with Crippen LogP contribution in [0.2, 0.25) is 0 Å². The summed E-state index contributed by atoms with van der Waals surface area (Å²) in [5.41, 5.74) is 4.33. The van der Waals surface area contributed by atoms with Crippen LogP contribution in [0.15, 0.2) is 42.5 Å². The zero-order valence-electron chi connectivity index (χ0n) is 10.6. The summed E-state index contributed by atoms with van der Waals surface area (Å²) in [6, 6.07) is 12.2. The summed E-state index contributed by atoms with van der Waals surface area (Å²) in [7, 11) is 0. The van der Waals surface area contributed by atoms with Gasteiger partial charge in [0.25, 0.3) is 0 Å². The number of halogens is 1. The normalized spacial score (nSPS) is 14.5. The van der Waals surface area contributed by atoms with Crippen LogP contribution >= 0.6 is 0 Å². The Labute approximate surface area is 112 Å². The summed E-state index contributed by atoms with van der Waals surface area (Å²) in [4.78, 5) is 0. The first-order chi connectivity index (χ1) is 9.22. The van der Waals surface area contributed by atoms with Crippen molar-refractivity contribution >= 4 is 11.6 Å². The van der Waals surface area contributed by atoms with Gasteiger partial charge in [-0.3, -0.25) is 0 Å². The van der Waals surface area contributed by atoms with Crippen LogP contribution in [0.3, 0.4) is 0 Å². The molecule has 0 saturated carbocycles. The van der Waals surface area contributed by atoms with E-state index in [1.54, 1.807) is 24.3 Å². The molecular formula is C17H15FO. The Balaban J connectivity index is 2.07. The molecule has 3 rings (SSSR count). The molecule has 0 bridgehead atoms. The third kappa shape index (κ3) is 2.53. The fourth-order valence-corrected chi connectivity index (χ4v) is 2.59. The van der Waals surface area contributed by atoms with Crippen LogP contribution in [-0.2, 0) is 6.42 Å². The molecule has 2 aromatic rings. The Hall–Kier alpha value is -2.09. The topological polar surface area (TPSA) is 20.2 Å². The molecule has 0 aromatic heterocycles. The molecule has 0 fully saturated rings. The van der Waals surface area contributed by atoms with E-state index >= 15 is 0 Å². The molecule has 0 amide bonds. The number of hydrogen-bond acceptors (Lipinski definition) is 1. The van der Waals surface area contributed by atoms with E-state index in [0.717, 1.165) is 36.0 Å². The minimum atomic E-state index is -0.209. The van der Waals surface area contributed by atoms with E-state index in [0.29, 0.717) is 0 Å². The lowest BCUT2D eigenvalue weighted by Gasteiger charge is -2.05. The van der Waals surface area contributed by atoms with Gasteiger partial charge in [-0.2, -0.15) is 0 Å². The average Bonchev–Trinajstić information content (AvgIpc) is 2.60. The van der Waals surface area contributed by atoms with Crippen LogP contribution < -0.4 is 0 Å². The Morgan fingerprint density at radius 3 is 2.74 bits per heavy atom. The van der Waals surface area contributed by atoms with Crippen molar-refractivity contribution < 1.29 is 9.50 Å². The first-order valence-corrected chi connectivity index (χ1v) is 6.51. The van der Waals surface area contributed by atoms with Gasteiger partial charge in [0, 0.05) is 0 Å². The molecule has 1 N–H and O–H groups in total. The predicted octanol–water partition coefficient (Wildman–Crippen LogP) is 4.41. The zero-order chi connectivity index (χ0) is 13.2. The molecule has 0 spiro atoms. The smallest absolute Gasteiger partial charge is 0.123 e. The van der Waals surface area contributed by atoms with E-state index in [2.05, 4.69) is 6.08 Å². The van der Waals surface area contributed by atoms with Gasteiger partial charge in [0.2, 0.25) is 0 Å². The monoisotopic (exact) mass is 254 g/mol. The fourth-order valence-electron chi connectivity index (χ4n) is 2.59. The van der Waals surface area contributed by atoms with Gasteiger partial charge in [0.15, 0.2) is 0 Å². The lowest BCUT2D eigenvalue weighted by molar-refractivity contribution is 0.475. The number of aromatic hydroxyl groups is 1. The van der Waals surface area contributed by atoms with Crippen LogP contribution in [0, 0.1) is 5.82 Å². The van der Waals surface area contributed by atoms with Crippen molar-refractivity contribution in [1.82, 2.24) is 0 Å².